The topological polar surface area (TPSA) is 43.8 Å². The number of hydrogen-bond donors (Lipinski definition) is 1. The number of imidazole rings is 1. The molecule has 17 heavy (non-hydrogen) atoms. The first-order valence-electron chi connectivity index (χ1n) is 5.92. The van der Waals surface area contributed by atoms with Crippen LogP contribution in [0.1, 0.15) is 33.2 Å². The number of nitrogens with zero attached hydrogens (tertiary/aromatic N) is 2. The van der Waals surface area contributed by atoms with Crippen molar-refractivity contribution in [1.82, 2.24) is 9.55 Å². The summed E-state index contributed by atoms with van der Waals surface area (Å²) in [6, 6.07) is 6.12. The van der Waals surface area contributed by atoms with Gasteiger partial charge in [-0.05, 0) is 31.4 Å². The Morgan fingerprint density at radius 1 is 1.35 bits per heavy atom. The molecular formula is C13H18ClN3. The number of nitrogen functional groups attached to an aromatic ring is 1. The lowest BCUT2D eigenvalue weighted by Crippen LogP contribution is -2.10. The number of anilines is 1. The highest BCUT2D eigenvalue weighted by Gasteiger charge is 2.16. The lowest BCUT2D eigenvalue weighted by atomic mass is 10.1. The average molecular weight is 252 g/mol. The molecule has 2 aromatic rings. The number of fused-ring (bicyclic) bond motifs is 1. The molecule has 3 nitrogen and oxygen atoms in total. The van der Waals surface area contributed by atoms with Gasteiger partial charge in [0.05, 0.1) is 10.5 Å². The fourth-order valence-corrected chi connectivity index (χ4v) is 2.56. The molecule has 0 saturated carbocycles. The number of halogens is 1. The van der Waals surface area contributed by atoms with Gasteiger partial charge in [0, 0.05) is 6.04 Å². The van der Waals surface area contributed by atoms with Crippen molar-refractivity contribution >= 4 is 28.6 Å². The average Bonchev–Trinajstić information content (AvgIpc) is 2.55. The molecule has 92 valence electrons. The molecule has 4 heteroatoms. The summed E-state index contributed by atoms with van der Waals surface area (Å²) < 4.78 is 2.07. The van der Waals surface area contributed by atoms with E-state index in [0.717, 1.165) is 17.5 Å². The zero-order valence-electron chi connectivity index (χ0n) is 10.4. The van der Waals surface area contributed by atoms with E-state index in [-0.39, 0.29) is 0 Å². The molecule has 0 amide bonds. The first-order chi connectivity index (χ1) is 8.00. The summed E-state index contributed by atoms with van der Waals surface area (Å²) in [7, 11) is 0. The van der Waals surface area contributed by atoms with Crippen LogP contribution < -0.4 is 5.73 Å². The number of para-hydroxylation sites is 1. The third-order valence-electron chi connectivity index (χ3n) is 2.95. The summed E-state index contributed by atoms with van der Waals surface area (Å²) in [5.74, 6) is 1.17. The zero-order valence-corrected chi connectivity index (χ0v) is 11.2. The minimum absolute atomic E-state index is 0.332. The third kappa shape index (κ3) is 2.25. The fourth-order valence-electron chi connectivity index (χ4n) is 2.35. The molecule has 2 rings (SSSR count). The van der Waals surface area contributed by atoms with Crippen molar-refractivity contribution in [2.75, 3.05) is 5.73 Å². The van der Waals surface area contributed by atoms with Gasteiger partial charge in [0.15, 0.2) is 0 Å². The van der Waals surface area contributed by atoms with Crippen molar-refractivity contribution in [1.29, 1.82) is 0 Å². The van der Waals surface area contributed by atoms with Gasteiger partial charge in [-0.3, -0.25) is 0 Å². The number of rotatable bonds is 3. The van der Waals surface area contributed by atoms with Crippen LogP contribution >= 0.6 is 11.6 Å². The van der Waals surface area contributed by atoms with Gasteiger partial charge in [-0.2, -0.15) is 0 Å². The van der Waals surface area contributed by atoms with Gasteiger partial charge in [0.25, 0.3) is 0 Å². The van der Waals surface area contributed by atoms with E-state index in [1.807, 2.05) is 18.2 Å². The molecule has 2 N–H and O–H groups in total. The molecule has 1 heterocycles. The fraction of sp³-hybridized carbons (Fsp3) is 0.462. The van der Waals surface area contributed by atoms with E-state index in [1.54, 1.807) is 0 Å². The normalized spacial score (nSPS) is 13.5. The Bertz CT molecular complexity index is 531. The second kappa shape index (κ2) is 4.57. The number of benzene rings is 1. The van der Waals surface area contributed by atoms with Crippen LogP contribution in [0.3, 0.4) is 0 Å². The van der Waals surface area contributed by atoms with E-state index in [9.17, 15) is 0 Å². The summed E-state index contributed by atoms with van der Waals surface area (Å²) >= 11 is 6.12. The SMILES string of the molecule is CC(C)CC(C)n1c(N)nc2c(Cl)cccc21. The van der Waals surface area contributed by atoms with Crippen LogP contribution in [0.5, 0.6) is 0 Å². The Labute approximate surface area is 107 Å². The molecule has 0 saturated heterocycles. The van der Waals surface area contributed by atoms with Crippen LogP contribution in [0.15, 0.2) is 18.2 Å². The summed E-state index contributed by atoms with van der Waals surface area (Å²) in [6.45, 7) is 6.58. The van der Waals surface area contributed by atoms with Gasteiger partial charge in [-0.15, -0.1) is 0 Å². The molecule has 0 aliphatic carbocycles. The molecule has 0 fully saturated rings. The van der Waals surface area contributed by atoms with Gasteiger partial charge in [-0.25, -0.2) is 4.98 Å². The molecular weight excluding hydrogens is 234 g/mol. The standard InChI is InChI=1S/C13H18ClN3/c1-8(2)7-9(3)17-11-6-4-5-10(14)12(11)16-13(17)15/h4-6,8-9H,7H2,1-3H3,(H2,15,16). The number of aromatic nitrogens is 2. The largest absolute Gasteiger partial charge is 0.369 e. The molecule has 1 aromatic heterocycles. The van der Waals surface area contributed by atoms with Crippen molar-refractivity contribution in [3.63, 3.8) is 0 Å². The van der Waals surface area contributed by atoms with Crippen LogP contribution in [0.25, 0.3) is 11.0 Å². The van der Waals surface area contributed by atoms with Crippen molar-refractivity contribution in [2.24, 2.45) is 5.92 Å². The Balaban J connectivity index is 2.53. The maximum atomic E-state index is 6.12. The van der Waals surface area contributed by atoms with E-state index in [0.29, 0.717) is 22.9 Å². The van der Waals surface area contributed by atoms with Crippen molar-refractivity contribution in [3.8, 4) is 0 Å². The van der Waals surface area contributed by atoms with Crippen molar-refractivity contribution < 1.29 is 0 Å². The third-order valence-corrected chi connectivity index (χ3v) is 3.26. The van der Waals surface area contributed by atoms with E-state index in [1.165, 1.54) is 0 Å². The summed E-state index contributed by atoms with van der Waals surface area (Å²) in [5.41, 5.74) is 7.80. The Morgan fingerprint density at radius 2 is 2.06 bits per heavy atom. The first-order valence-corrected chi connectivity index (χ1v) is 6.30. The minimum atomic E-state index is 0.332. The highest BCUT2D eigenvalue weighted by molar-refractivity contribution is 6.35. The number of nitrogens with two attached hydrogens (primary N) is 1. The summed E-state index contributed by atoms with van der Waals surface area (Å²) in [5, 5.41) is 0.657. The molecule has 0 spiro atoms. The van der Waals surface area contributed by atoms with E-state index < -0.39 is 0 Å². The zero-order chi connectivity index (χ0) is 12.6. The van der Waals surface area contributed by atoms with Crippen LogP contribution in [0.2, 0.25) is 5.02 Å². The van der Waals surface area contributed by atoms with Crippen LogP contribution in [0, 0.1) is 5.92 Å². The van der Waals surface area contributed by atoms with Crippen molar-refractivity contribution in [2.45, 2.75) is 33.2 Å². The highest BCUT2D eigenvalue weighted by Crippen LogP contribution is 2.30. The monoisotopic (exact) mass is 251 g/mol. The van der Waals surface area contributed by atoms with Gasteiger partial charge in [0.2, 0.25) is 5.95 Å². The molecule has 1 unspecified atom stereocenters. The summed E-state index contributed by atoms with van der Waals surface area (Å²) in [4.78, 5) is 4.35. The van der Waals surface area contributed by atoms with Gasteiger partial charge in [0.1, 0.15) is 5.52 Å². The Hall–Kier alpha value is -1.22. The predicted octanol–water partition coefficient (Wildman–Crippen LogP) is 3.88. The maximum Gasteiger partial charge on any atom is 0.201 e. The lowest BCUT2D eigenvalue weighted by Gasteiger charge is -2.17. The second-order valence-corrected chi connectivity index (χ2v) is 5.33. The van der Waals surface area contributed by atoms with E-state index >= 15 is 0 Å². The lowest BCUT2D eigenvalue weighted by molar-refractivity contribution is 0.439. The van der Waals surface area contributed by atoms with Gasteiger partial charge >= 0.3 is 0 Å². The second-order valence-electron chi connectivity index (χ2n) is 4.93. The Morgan fingerprint density at radius 3 is 2.71 bits per heavy atom. The Kier molecular flexibility index (Phi) is 3.29. The van der Waals surface area contributed by atoms with Gasteiger partial charge < -0.3 is 10.3 Å². The van der Waals surface area contributed by atoms with Gasteiger partial charge in [-0.1, -0.05) is 31.5 Å². The molecule has 0 aliphatic heterocycles. The van der Waals surface area contributed by atoms with E-state index in [4.69, 9.17) is 17.3 Å². The molecule has 0 radical (unpaired) electrons. The molecule has 0 bridgehead atoms. The van der Waals surface area contributed by atoms with Crippen LogP contribution in [-0.4, -0.2) is 9.55 Å². The quantitative estimate of drug-likeness (QED) is 0.900. The predicted molar refractivity (Wildman–Crippen MR) is 73.3 cm³/mol. The molecule has 1 atom stereocenters. The van der Waals surface area contributed by atoms with Crippen LogP contribution in [-0.2, 0) is 0 Å². The molecule has 1 aromatic carbocycles. The smallest absolute Gasteiger partial charge is 0.201 e. The van der Waals surface area contributed by atoms with E-state index in [2.05, 4.69) is 30.3 Å². The van der Waals surface area contributed by atoms with Crippen molar-refractivity contribution in [3.05, 3.63) is 23.2 Å². The highest BCUT2D eigenvalue weighted by atomic mass is 35.5. The maximum absolute atomic E-state index is 6.12. The number of hydrogen-bond acceptors (Lipinski definition) is 2. The van der Waals surface area contributed by atoms with Crippen LogP contribution in [0.4, 0.5) is 5.95 Å². The summed E-state index contributed by atoms with van der Waals surface area (Å²) in [6.07, 6.45) is 1.07. The minimum Gasteiger partial charge on any atom is -0.369 e. The first kappa shape index (κ1) is 12.2. The molecule has 0 aliphatic rings.